The number of nitrogens with zero attached hydrogens (tertiary/aromatic N) is 1. The fourth-order valence-electron chi connectivity index (χ4n) is 4.92. The molecule has 0 spiro atoms. The first kappa shape index (κ1) is 24.2. The molecule has 2 saturated heterocycles. The van der Waals surface area contributed by atoms with Crippen molar-refractivity contribution >= 4 is 17.7 Å². The van der Waals surface area contributed by atoms with Crippen LogP contribution in [0.4, 0.5) is 13.2 Å². The molecule has 2 aliphatic carbocycles. The number of allylic oxidation sites excluding steroid dienone is 4. The van der Waals surface area contributed by atoms with Crippen molar-refractivity contribution in [3.05, 3.63) is 47.6 Å². The molecule has 8 nitrogen and oxygen atoms in total. The van der Waals surface area contributed by atoms with Crippen molar-refractivity contribution in [2.24, 2.45) is 11.8 Å². The predicted octanol–water partition coefficient (Wildman–Crippen LogP) is 1.02. The highest BCUT2D eigenvalue weighted by Crippen LogP contribution is 2.34. The molecule has 6 unspecified atom stereocenters. The number of amides is 3. The number of carbonyl (C=O) groups is 3. The minimum absolute atomic E-state index is 0.0395. The van der Waals surface area contributed by atoms with Gasteiger partial charge in [0, 0.05) is 24.6 Å². The van der Waals surface area contributed by atoms with Crippen LogP contribution in [0.2, 0.25) is 0 Å². The van der Waals surface area contributed by atoms with Gasteiger partial charge in [-0.2, -0.15) is 13.2 Å². The predicted molar refractivity (Wildman–Crippen MR) is 116 cm³/mol. The summed E-state index contributed by atoms with van der Waals surface area (Å²) < 4.78 is 38.5. The van der Waals surface area contributed by atoms with E-state index in [4.69, 9.17) is 0 Å². The Morgan fingerprint density at radius 3 is 2.71 bits per heavy atom. The van der Waals surface area contributed by atoms with Crippen LogP contribution in [0.5, 0.6) is 0 Å². The molecule has 11 heteroatoms. The fourth-order valence-corrected chi connectivity index (χ4v) is 4.92. The van der Waals surface area contributed by atoms with Crippen molar-refractivity contribution in [2.75, 3.05) is 6.54 Å². The lowest BCUT2D eigenvalue weighted by atomic mass is 9.82. The van der Waals surface area contributed by atoms with E-state index in [0.717, 1.165) is 6.08 Å². The van der Waals surface area contributed by atoms with Gasteiger partial charge in [-0.05, 0) is 25.3 Å². The number of nitrogens with one attached hydrogen (secondary N) is 3. The number of aliphatic hydroxyl groups is 1. The van der Waals surface area contributed by atoms with E-state index in [1.54, 1.807) is 24.0 Å². The average Bonchev–Trinajstić information content (AvgIpc) is 2.78. The molecule has 2 fully saturated rings. The first-order valence-corrected chi connectivity index (χ1v) is 11.2. The molecule has 0 bridgehead atoms. The van der Waals surface area contributed by atoms with E-state index in [9.17, 15) is 32.7 Å². The maximum absolute atomic E-state index is 13.5. The minimum atomic E-state index is -4.35. The molecule has 184 valence electrons. The lowest BCUT2D eigenvalue weighted by Crippen LogP contribution is -2.69. The molecule has 4 aliphatic rings. The van der Waals surface area contributed by atoms with Crippen molar-refractivity contribution in [1.29, 1.82) is 0 Å². The number of alkyl halides is 3. The Bertz CT molecular complexity index is 987. The summed E-state index contributed by atoms with van der Waals surface area (Å²) in [5.41, 5.74) is 0.784. The summed E-state index contributed by atoms with van der Waals surface area (Å²) >= 11 is 0. The van der Waals surface area contributed by atoms with E-state index >= 15 is 0 Å². The smallest absolute Gasteiger partial charge is 0.372 e. The number of rotatable bonds is 4. The number of halogens is 3. The molecule has 0 saturated carbocycles. The molecule has 34 heavy (non-hydrogen) atoms. The van der Waals surface area contributed by atoms with Crippen LogP contribution in [0.15, 0.2) is 47.6 Å². The summed E-state index contributed by atoms with van der Waals surface area (Å²) in [4.78, 5) is 39.2. The molecular formula is C23H27F3N4O4. The van der Waals surface area contributed by atoms with E-state index in [-0.39, 0.29) is 49.0 Å². The third-order valence-electron chi connectivity index (χ3n) is 6.69. The van der Waals surface area contributed by atoms with Crippen LogP contribution in [0.3, 0.4) is 0 Å². The Kier molecular flexibility index (Phi) is 6.68. The van der Waals surface area contributed by atoms with E-state index in [1.807, 2.05) is 6.08 Å². The quantitative estimate of drug-likeness (QED) is 0.480. The van der Waals surface area contributed by atoms with Gasteiger partial charge in [-0.3, -0.25) is 19.7 Å². The number of piperidine rings is 1. The second-order valence-electron chi connectivity index (χ2n) is 8.92. The van der Waals surface area contributed by atoms with Gasteiger partial charge in [0.25, 0.3) is 5.91 Å². The van der Waals surface area contributed by atoms with Crippen molar-refractivity contribution in [1.82, 2.24) is 20.9 Å². The van der Waals surface area contributed by atoms with E-state index in [2.05, 4.69) is 16.0 Å². The monoisotopic (exact) mass is 480 g/mol. The van der Waals surface area contributed by atoms with Gasteiger partial charge in [0.1, 0.15) is 6.23 Å². The SMILES string of the molecule is CC1NC2C=CC=C(CNC(=O)C3=CCC(C(F)(F)F)C=C3)C2C(=O)N1C1CCC(=O)NC1O. The molecule has 0 aromatic heterocycles. The Morgan fingerprint density at radius 2 is 2.06 bits per heavy atom. The summed E-state index contributed by atoms with van der Waals surface area (Å²) in [5, 5.41) is 18.9. The number of hydrogen-bond donors (Lipinski definition) is 4. The van der Waals surface area contributed by atoms with E-state index in [1.165, 1.54) is 12.2 Å². The second kappa shape index (κ2) is 9.38. The van der Waals surface area contributed by atoms with Crippen LogP contribution in [0, 0.1) is 11.8 Å². The topological polar surface area (TPSA) is 111 Å². The van der Waals surface area contributed by atoms with Gasteiger partial charge in [0.2, 0.25) is 11.8 Å². The van der Waals surface area contributed by atoms with Crippen LogP contribution < -0.4 is 16.0 Å². The summed E-state index contributed by atoms with van der Waals surface area (Å²) in [6.45, 7) is 1.85. The molecule has 6 atom stereocenters. The highest BCUT2D eigenvalue weighted by atomic mass is 19.4. The van der Waals surface area contributed by atoms with Crippen LogP contribution in [0.25, 0.3) is 0 Å². The first-order chi connectivity index (χ1) is 16.1. The summed E-state index contributed by atoms with van der Waals surface area (Å²) in [7, 11) is 0. The molecule has 4 rings (SSSR count). The van der Waals surface area contributed by atoms with Gasteiger partial charge in [-0.15, -0.1) is 0 Å². The van der Waals surface area contributed by atoms with Gasteiger partial charge < -0.3 is 20.6 Å². The third-order valence-corrected chi connectivity index (χ3v) is 6.69. The normalized spacial score (nSPS) is 33.6. The molecule has 2 aliphatic heterocycles. The number of fused-ring (bicyclic) bond motifs is 1. The zero-order valence-corrected chi connectivity index (χ0v) is 18.5. The molecule has 0 aromatic carbocycles. The van der Waals surface area contributed by atoms with Crippen LogP contribution in [-0.4, -0.2) is 64.9 Å². The standard InChI is InChI=1S/C23H27F3N4O4/c1-12-28-16-4-2-3-14(11-27-20(32)13-5-7-15(8-6-13)23(24,25)26)19(16)22(34)30(12)17-9-10-18(31)29-21(17)33/h2-7,12,15-17,19,21,28,33H,8-11H2,1H3,(H,27,32)(H,29,31). The third kappa shape index (κ3) is 4.80. The van der Waals surface area contributed by atoms with Crippen LogP contribution in [0.1, 0.15) is 26.2 Å². The highest BCUT2D eigenvalue weighted by molar-refractivity contribution is 5.96. The average molecular weight is 480 g/mol. The summed E-state index contributed by atoms with van der Waals surface area (Å²) in [6, 6.07) is -0.901. The van der Waals surface area contributed by atoms with Crippen LogP contribution >= 0.6 is 0 Å². The number of aliphatic hydroxyl groups excluding tert-OH is 1. The zero-order valence-electron chi connectivity index (χ0n) is 18.5. The van der Waals surface area contributed by atoms with E-state index in [0.29, 0.717) is 12.0 Å². The maximum atomic E-state index is 13.5. The van der Waals surface area contributed by atoms with Gasteiger partial charge in [-0.25, -0.2) is 0 Å². The molecular weight excluding hydrogens is 453 g/mol. The van der Waals surface area contributed by atoms with E-state index < -0.39 is 36.2 Å². The van der Waals surface area contributed by atoms with Gasteiger partial charge >= 0.3 is 6.18 Å². The van der Waals surface area contributed by atoms with Gasteiger partial charge in [0.05, 0.1) is 24.0 Å². The lowest BCUT2D eigenvalue weighted by molar-refractivity contribution is -0.160. The Balaban J connectivity index is 1.43. The minimum Gasteiger partial charge on any atom is -0.372 e. The maximum Gasteiger partial charge on any atom is 0.395 e. The van der Waals surface area contributed by atoms with Gasteiger partial charge in [-0.1, -0.05) is 36.5 Å². The van der Waals surface area contributed by atoms with Crippen molar-refractivity contribution in [2.45, 2.75) is 56.8 Å². The molecule has 2 heterocycles. The van der Waals surface area contributed by atoms with Crippen molar-refractivity contribution < 1.29 is 32.7 Å². The summed E-state index contributed by atoms with van der Waals surface area (Å²) in [6.07, 6.45) is 3.10. The molecule has 0 aromatic rings. The van der Waals surface area contributed by atoms with Crippen molar-refractivity contribution in [3.8, 4) is 0 Å². The largest absolute Gasteiger partial charge is 0.395 e. The Labute approximate surface area is 194 Å². The zero-order chi connectivity index (χ0) is 24.6. The van der Waals surface area contributed by atoms with Crippen LogP contribution in [-0.2, 0) is 14.4 Å². The summed E-state index contributed by atoms with van der Waals surface area (Å²) in [5.74, 6) is -3.25. The molecule has 3 amide bonds. The van der Waals surface area contributed by atoms with Gasteiger partial charge in [0.15, 0.2) is 0 Å². The fraction of sp³-hybridized carbons (Fsp3) is 0.522. The number of carbonyl (C=O) groups excluding carboxylic acids is 3. The molecule has 0 radical (unpaired) electrons. The first-order valence-electron chi connectivity index (χ1n) is 11.2. The number of hydrogen-bond acceptors (Lipinski definition) is 5. The Hall–Kier alpha value is -2.92. The second-order valence-corrected chi connectivity index (χ2v) is 8.92. The lowest BCUT2D eigenvalue weighted by Gasteiger charge is -2.49. The molecule has 4 N–H and O–H groups in total. The van der Waals surface area contributed by atoms with Crippen molar-refractivity contribution in [3.63, 3.8) is 0 Å². The highest BCUT2D eigenvalue weighted by Gasteiger charge is 2.46. The Morgan fingerprint density at radius 1 is 1.29 bits per heavy atom.